The van der Waals surface area contributed by atoms with Gasteiger partial charge in [0.15, 0.2) is 0 Å². The zero-order valence-corrected chi connectivity index (χ0v) is 24.6. The molecule has 0 aromatic heterocycles. The summed E-state index contributed by atoms with van der Waals surface area (Å²) >= 11 is 0. The van der Waals surface area contributed by atoms with Crippen LogP contribution in [0, 0.1) is 0 Å². The molecule has 0 aliphatic heterocycles. The molecule has 2 aromatic carbocycles. The number of aryl methyl sites for hydroxylation is 1. The number of ether oxygens (including phenoxy) is 2. The molecule has 212 valence electrons. The second-order valence-electron chi connectivity index (χ2n) is 10.8. The first kappa shape index (κ1) is 32.1. The van der Waals surface area contributed by atoms with Gasteiger partial charge in [-0.15, -0.1) is 0 Å². The predicted octanol–water partition coefficient (Wildman–Crippen LogP) is 10.8. The fraction of sp³-hybridized carbons (Fsp3) is 0.629. The first-order chi connectivity index (χ1) is 18.7. The fourth-order valence-electron chi connectivity index (χ4n) is 4.88. The van der Waals surface area contributed by atoms with Gasteiger partial charge in [0.2, 0.25) is 0 Å². The lowest BCUT2D eigenvalue weighted by molar-refractivity contribution is 0.0626. The third-order valence-electron chi connectivity index (χ3n) is 7.46. The number of unbranched alkanes of at least 4 members (excludes halogenated alkanes) is 14. The maximum atomic E-state index is 12.7. The molecule has 0 fully saturated rings. The average Bonchev–Trinajstić information content (AvgIpc) is 2.94. The number of benzene rings is 2. The summed E-state index contributed by atoms with van der Waals surface area (Å²) in [4.78, 5) is 12.7. The Kier molecular flexibility index (Phi) is 17.5. The van der Waals surface area contributed by atoms with E-state index in [0.29, 0.717) is 11.3 Å². The van der Waals surface area contributed by atoms with Crippen LogP contribution in [0.2, 0.25) is 0 Å². The number of esters is 1. The number of rotatable bonds is 22. The molecule has 3 heteroatoms. The van der Waals surface area contributed by atoms with E-state index in [2.05, 4.69) is 20.8 Å². The highest BCUT2D eigenvalue weighted by Crippen LogP contribution is 2.23. The number of para-hydroxylation sites is 1. The SMILES string of the molecule is CCCCCCCCCCCCCCCCOC(C)c1ccc(C(=O)Oc2ccccc2CCCC)cc1. The summed E-state index contributed by atoms with van der Waals surface area (Å²) in [7, 11) is 0. The minimum atomic E-state index is -0.309. The third-order valence-corrected chi connectivity index (χ3v) is 7.46. The molecule has 0 heterocycles. The Hall–Kier alpha value is -2.13. The molecule has 0 radical (unpaired) electrons. The number of hydrogen-bond donors (Lipinski definition) is 0. The zero-order valence-electron chi connectivity index (χ0n) is 24.6. The van der Waals surface area contributed by atoms with Gasteiger partial charge in [-0.3, -0.25) is 0 Å². The quantitative estimate of drug-likeness (QED) is 0.0876. The smallest absolute Gasteiger partial charge is 0.343 e. The van der Waals surface area contributed by atoms with Crippen molar-refractivity contribution in [2.24, 2.45) is 0 Å². The molecule has 0 amide bonds. The van der Waals surface area contributed by atoms with Crippen LogP contribution in [0.5, 0.6) is 5.75 Å². The molecule has 38 heavy (non-hydrogen) atoms. The van der Waals surface area contributed by atoms with Gasteiger partial charge in [-0.05, 0) is 55.5 Å². The topological polar surface area (TPSA) is 35.5 Å². The van der Waals surface area contributed by atoms with Crippen LogP contribution < -0.4 is 4.74 Å². The Morgan fingerprint density at radius 2 is 1.18 bits per heavy atom. The molecule has 1 atom stereocenters. The number of hydrogen-bond acceptors (Lipinski definition) is 3. The normalized spacial score (nSPS) is 12.0. The summed E-state index contributed by atoms with van der Waals surface area (Å²) < 4.78 is 11.8. The van der Waals surface area contributed by atoms with Crippen LogP contribution in [0.4, 0.5) is 0 Å². The molecule has 0 bridgehead atoms. The van der Waals surface area contributed by atoms with E-state index in [1.807, 2.05) is 48.5 Å². The van der Waals surface area contributed by atoms with E-state index in [9.17, 15) is 4.79 Å². The molecule has 0 saturated carbocycles. The lowest BCUT2D eigenvalue weighted by atomic mass is 10.0. The Morgan fingerprint density at radius 1 is 0.658 bits per heavy atom. The maximum Gasteiger partial charge on any atom is 0.343 e. The van der Waals surface area contributed by atoms with Crippen molar-refractivity contribution in [3.63, 3.8) is 0 Å². The second-order valence-corrected chi connectivity index (χ2v) is 10.8. The molecule has 0 spiro atoms. The summed E-state index contributed by atoms with van der Waals surface area (Å²) in [5, 5.41) is 0. The van der Waals surface area contributed by atoms with E-state index >= 15 is 0 Å². The molecule has 0 N–H and O–H groups in total. The van der Waals surface area contributed by atoms with Crippen LogP contribution in [0.15, 0.2) is 48.5 Å². The number of carbonyl (C=O) groups is 1. The molecule has 2 rings (SSSR count). The molecule has 2 aromatic rings. The standard InChI is InChI=1S/C35H54O3/c1-4-6-8-9-10-11-12-13-14-15-16-17-18-21-29-37-30(3)31-25-27-33(28-26-31)35(36)38-34-24-20-19-23-32(34)22-7-5-2/h19-20,23-28,30H,4-18,21-22,29H2,1-3H3. The summed E-state index contributed by atoms with van der Waals surface area (Å²) in [6.07, 6.45) is 22.3. The van der Waals surface area contributed by atoms with E-state index in [0.717, 1.165) is 43.4 Å². The molecule has 1 unspecified atom stereocenters. The van der Waals surface area contributed by atoms with E-state index in [1.54, 1.807) is 0 Å². The zero-order chi connectivity index (χ0) is 27.3. The van der Waals surface area contributed by atoms with Crippen molar-refractivity contribution in [2.75, 3.05) is 6.61 Å². The molecular formula is C35H54O3. The largest absolute Gasteiger partial charge is 0.423 e. The first-order valence-corrected chi connectivity index (χ1v) is 15.7. The van der Waals surface area contributed by atoms with Crippen LogP contribution >= 0.6 is 0 Å². The predicted molar refractivity (Wildman–Crippen MR) is 161 cm³/mol. The minimum Gasteiger partial charge on any atom is -0.423 e. The highest BCUT2D eigenvalue weighted by Gasteiger charge is 2.13. The lowest BCUT2D eigenvalue weighted by Crippen LogP contribution is -2.10. The first-order valence-electron chi connectivity index (χ1n) is 15.7. The summed E-state index contributed by atoms with van der Waals surface area (Å²) in [5.74, 6) is 0.358. The van der Waals surface area contributed by atoms with Crippen molar-refractivity contribution in [3.8, 4) is 5.75 Å². The highest BCUT2D eigenvalue weighted by atomic mass is 16.5. The van der Waals surface area contributed by atoms with Crippen molar-refractivity contribution >= 4 is 5.97 Å². The van der Waals surface area contributed by atoms with Gasteiger partial charge in [-0.1, -0.05) is 134 Å². The molecule has 0 saturated heterocycles. The summed E-state index contributed by atoms with van der Waals surface area (Å²) in [5.41, 5.74) is 2.75. The van der Waals surface area contributed by atoms with Crippen LogP contribution in [0.25, 0.3) is 0 Å². The van der Waals surface area contributed by atoms with Crippen LogP contribution in [0.1, 0.15) is 151 Å². The third kappa shape index (κ3) is 13.6. The van der Waals surface area contributed by atoms with Gasteiger partial charge in [-0.25, -0.2) is 4.79 Å². The van der Waals surface area contributed by atoms with Gasteiger partial charge in [0.05, 0.1) is 11.7 Å². The number of carbonyl (C=O) groups excluding carboxylic acids is 1. The molecule has 0 aliphatic rings. The van der Waals surface area contributed by atoms with Crippen molar-refractivity contribution in [3.05, 3.63) is 65.2 Å². The molecular weight excluding hydrogens is 468 g/mol. The van der Waals surface area contributed by atoms with Gasteiger partial charge in [0.25, 0.3) is 0 Å². The van der Waals surface area contributed by atoms with Gasteiger partial charge in [0, 0.05) is 6.61 Å². The van der Waals surface area contributed by atoms with E-state index in [1.165, 1.54) is 83.5 Å². The van der Waals surface area contributed by atoms with Gasteiger partial charge in [0.1, 0.15) is 5.75 Å². The van der Waals surface area contributed by atoms with Gasteiger partial charge < -0.3 is 9.47 Å². The highest BCUT2D eigenvalue weighted by molar-refractivity contribution is 5.91. The minimum absolute atomic E-state index is 0.0248. The Bertz CT molecular complexity index is 858. The molecule has 0 aliphatic carbocycles. The Morgan fingerprint density at radius 3 is 1.76 bits per heavy atom. The van der Waals surface area contributed by atoms with E-state index < -0.39 is 0 Å². The average molecular weight is 523 g/mol. The van der Waals surface area contributed by atoms with Crippen molar-refractivity contribution in [1.29, 1.82) is 0 Å². The second kappa shape index (κ2) is 20.8. The van der Waals surface area contributed by atoms with E-state index in [4.69, 9.17) is 9.47 Å². The molecule has 3 nitrogen and oxygen atoms in total. The summed E-state index contributed by atoms with van der Waals surface area (Å²) in [6.45, 7) is 7.32. The van der Waals surface area contributed by atoms with Crippen molar-refractivity contribution < 1.29 is 14.3 Å². The van der Waals surface area contributed by atoms with Crippen molar-refractivity contribution in [1.82, 2.24) is 0 Å². The van der Waals surface area contributed by atoms with Gasteiger partial charge >= 0.3 is 5.97 Å². The maximum absolute atomic E-state index is 12.7. The van der Waals surface area contributed by atoms with Gasteiger partial charge in [-0.2, -0.15) is 0 Å². The van der Waals surface area contributed by atoms with Crippen LogP contribution in [-0.4, -0.2) is 12.6 Å². The van der Waals surface area contributed by atoms with Crippen LogP contribution in [-0.2, 0) is 11.2 Å². The fourth-order valence-corrected chi connectivity index (χ4v) is 4.88. The van der Waals surface area contributed by atoms with Crippen LogP contribution in [0.3, 0.4) is 0 Å². The summed E-state index contributed by atoms with van der Waals surface area (Å²) in [6, 6.07) is 15.5. The van der Waals surface area contributed by atoms with Crippen molar-refractivity contribution in [2.45, 2.75) is 136 Å². The lowest BCUT2D eigenvalue weighted by Gasteiger charge is -2.14. The Balaban J connectivity index is 1.55. The monoisotopic (exact) mass is 522 g/mol. The Labute approximate surface area is 233 Å². The van der Waals surface area contributed by atoms with E-state index in [-0.39, 0.29) is 12.1 Å².